The van der Waals surface area contributed by atoms with E-state index in [1.807, 2.05) is 37.3 Å². The molecule has 0 aliphatic heterocycles. The third kappa shape index (κ3) is 1.82. The van der Waals surface area contributed by atoms with Crippen molar-refractivity contribution in [1.82, 2.24) is 0 Å². The predicted octanol–water partition coefficient (Wildman–Crippen LogP) is 2.99. The van der Waals surface area contributed by atoms with Crippen molar-refractivity contribution in [3.8, 4) is 0 Å². The van der Waals surface area contributed by atoms with Crippen LogP contribution in [0.5, 0.6) is 0 Å². The van der Waals surface area contributed by atoms with Gasteiger partial charge < -0.3 is 0 Å². The highest BCUT2D eigenvalue weighted by atomic mass is 16.1. The number of allylic oxidation sites excluding steroid dienone is 4. The van der Waals surface area contributed by atoms with E-state index in [9.17, 15) is 4.79 Å². The Morgan fingerprint density at radius 2 is 1.79 bits per heavy atom. The molecule has 0 atom stereocenters. The summed E-state index contributed by atoms with van der Waals surface area (Å²) in [4.78, 5) is 11.3. The summed E-state index contributed by atoms with van der Waals surface area (Å²) in [6.45, 7) is 1.96. The van der Waals surface area contributed by atoms with Crippen LogP contribution in [0, 0.1) is 0 Å². The van der Waals surface area contributed by atoms with Gasteiger partial charge in [0.25, 0.3) is 0 Å². The van der Waals surface area contributed by atoms with Gasteiger partial charge in [-0.25, -0.2) is 0 Å². The van der Waals surface area contributed by atoms with Crippen LogP contribution in [0.3, 0.4) is 0 Å². The van der Waals surface area contributed by atoms with Gasteiger partial charge in [-0.1, -0.05) is 36.4 Å². The average molecular weight is 184 g/mol. The summed E-state index contributed by atoms with van der Waals surface area (Å²) in [6.07, 6.45) is 4.31. The van der Waals surface area contributed by atoms with Crippen LogP contribution in [0.1, 0.15) is 18.9 Å². The first-order chi connectivity index (χ1) is 6.75. The SMILES string of the molecule is CC1=CC(=O)CC(c2ccccc2)=C1. The summed E-state index contributed by atoms with van der Waals surface area (Å²) in [6, 6.07) is 10.1. The minimum Gasteiger partial charge on any atom is -0.294 e. The monoisotopic (exact) mass is 184 g/mol. The molecule has 0 fully saturated rings. The molecular formula is C13H12O. The summed E-state index contributed by atoms with van der Waals surface area (Å²) in [7, 11) is 0. The van der Waals surface area contributed by atoms with Crippen LogP contribution in [-0.2, 0) is 4.79 Å². The summed E-state index contributed by atoms with van der Waals surface area (Å²) in [5.74, 6) is 0.198. The van der Waals surface area contributed by atoms with Gasteiger partial charge in [0.2, 0.25) is 0 Å². The molecule has 0 aromatic heterocycles. The summed E-state index contributed by atoms with van der Waals surface area (Å²) in [5, 5.41) is 0. The van der Waals surface area contributed by atoms with Crippen molar-refractivity contribution in [1.29, 1.82) is 0 Å². The fraction of sp³-hybridized carbons (Fsp3) is 0.154. The molecule has 1 aliphatic carbocycles. The maximum Gasteiger partial charge on any atom is 0.160 e. The van der Waals surface area contributed by atoms with Crippen LogP contribution in [0.2, 0.25) is 0 Å². The van der Waals surface area contributed by atoms with E-state index < -0.39 is 0 Å². The molecule has 1 aliphatic rings. The first kappa shape index (κ1) is 8.95. The number of rotatable bonds is 1. The molecule has 0 unspecified atom stereocenters. The zero-order valence-corrected chi connectivity index (χ0v) is 8.16. The Kier molecular flexibility index (Phi) is 2.32. The lowest BCUT2D eigenvalue weighted by Crippen LogP contribution is -2.01. The highest BCUT2D eigenvalue weighted by molar-refractivity contribution is 6.01. The summed E-state index contributed by atoms with van der Waals surface area (Å²) >= 11 is 0. The Hall–Kier alpha value is -1.63. The predicted molar refractivity (Wildman–Crippen MR) is 57.8 cm³/mol. The second-order valence-corrected chi connectivity index (χ2v) is 3.57. The van der Waals surface area contributed by atoms with Gasteiger partial charge in [0.1, 0.15) is 0 Å². The first-order valence-corrected chi connectivity index (χ1v) is 4.73. The number of hydrogen-bond donors (Lipinski definition) is 0. The molecule has 0 amide bonds. The van der Waals surface area contributed by atoms with Gasteiger partial charge in [-0.15, -0.1) is 0 Å². The largest absolute Gasteiger partial charge is 0.294 e. The van der Waals surface area contributed by atoms with E-state index >= 15 is 0 Å². The standard InChI is InChI=1S/C13H12O/c1-10-7-12(9-13(14)8-10)11-5-3-2-4-6-11/h2-8H,9H2,1H3. The fourth-order valence-electron chi connectivity index (χ4n) is 1.70. The van der Waals surface area contributed by atoms with Gasteiger partial charge in [-0.2, -0.15) is 0 Å². The molecule has 0 bridgehead atoms. The first-order valence-electron chi connectivity index (χ1n) is 4.73. The van der Waals surface area contributed by atoms with Crippen LogP contribution >= 0.6 is 0 Å². The number of carbonyl (C=O) groups is 1. The quantitative estimate of drug-likeness (QED) is 0.655. The minimum absolute atomic E-state index is 0.198. The van der Waals surface area contributed by atoms with Crippen LogP contribution in [0.15, 0.2) is 48.1 Å². The molecule has 1 nitrogen and oxygen atoms in total. The lowest BCUT2D eigenvalue weighted by molar-refractivity contribution is -0.113. The lowest BCUT2D eigenvalue weighted by Gasteiger charge is -2.10. The van der Waals surface area contributed by atoms with Crippen molar-refractivity contribution >= 4 is 11.4 Å². The smallest absolute Gasteiger partial charge is 0.160 e. The molecule has 2 rings (SSSR count). The molecule has 0 saturated heterocycles. The van der Waals surface area contributed by atoms with Crippen molar-refractivity contribution in [2.24, 2.45) is 0 Å². The molecule has 1 aromatic rings. The van der Waals surface area contributed by atoms with E-state index in [0.29, 0.717) is 6.42 Å². The maximum absolute atomic E-state index is 11.3. The van der Waals surface area contributed by atoms with Gasteiger partial charge in [0.05, 0.1) is 0 Å². The summed E-state index contributed by atoms with van der Waals surface area (Å²) < 4.78 is 0. The van der Waals surface area contributed by atoms with Crippen molar-refractivity contribution in [3.63, 3.8) is 0 Å². The third-order valence-electron chi connectivity index (χ3n) is 2.30. The molecule has 0 heterocycles. The van der Waals surface area contributed by atoms with E-state index in [4.69, 9.17) is 0 Å². The molecule has 1 heteroatoms. The Labute approximate surface area is 83.8 Å². The minimum atomic E-state index is 0.198. The fourth-order valence-corrected chi connectivity index (χ4v) is 1.70. The topological polar surface area (TPSA) is 17.1 Å². The van der Waals surface area contributed by atoms with Gasteiger partial charge in [-0.05, 0) is 29.7 Å². The zero-order valence-electron chi connectivity index (χ0n) is 8.16. The molecule has 1 aromatic carbocycles. The lowest BCUT2D eigenvalue weighted by atomic mass is 9.94. The van der Waals surface area contributed by atoms with Gasteiger partial charge in [0.15, 0.2) is 5.78 Å². The molecule has 0 N–H and O–H groups in total. The zero-order chi connectivity index (χ0) is 9.97. The van der Waals surface area contributed by atoms with Crippen LogP contribution < -0.4 is 0 Å². The van der Waals surface area contributed by atoms with Crippen LogP contribution in [-0.4, -0.2) is 5.78 Å². The Morgan fingerprint density at radius 1 is 1.07 bits per heavy atom. The van der Waals surface area contributed by atoms with Crippen LogP contribution in [0.4, 0.5) is 0 Å². The van der Waals surface area contributed by atoms with Crippen molar-refractivity contribution in [2.45, 2.75) is 13.3 Å². The normalized spacial score (nSPS) is 16.2. The van der Waals surface area contributed by atoms with Crippen LogP contribution in [0.25, 0.3) is 5.57 Å². The van der Waals surface area contributed by atoms with E-state index in [1.54, 1.807) is 6.08 Å². The number of hydrogen-bond acceptors (Lipinski definition) is 1. The number of ketones is 1. The van der Waals surface area contributed by atoms with Crippen molar-refractivity contribution < 1.29 is 4.79 Å². The van der Waals surface area contributed by atoms with Gasteiger partial charge in [-0.3, -0.25) is 4.79 Å². The molecule has 70 valence electrons. The van der Waals surface area contributed by atoms with E-state index in [-0.39, 0.29) is 5.78 Å². The van der Waals surface area contributed by atoms with Gasteiger partial charge in [0, 0.05) is 6.42 Å². The second-order valence-electron chi connectivity index (χ2n) is 3.57. The average Bonchev–Trinajstić information content (AvgIpc) is 2.18. The Morgan fingerprint density at radius 3 is 2.43 bits per heavy atom. The second kappa shape index (κ2) is 3.62. The Bertz CT molecular complexity index is 410. The Balaban J connectivity index is 2.37. The maximum atomic E-state index is 11.3. The van der Waals surface area contributed by atoms with Crippen molar-refractivity contribution in [3.05, 3.63) is 53.6 Å². The molecule has 0 spiro atoms. The van der Waals surface area contributed by atoms with E-state index in [2.05, 4.69) is 6.08 Å². The molecule has 0 saturated carbocycles. The highest BCUT2D eigenvalue weighted by Gasteiger charge is 2.10. The highest BCUT2D eigenvalue weighted by Crippen LogP contribution is 2.24. The van der Waals surface area contributed by atoms with E-state index in [0.717, 1.165) is 16.7 Å². The third-order valence-corrected chi connectivity index (χ3v) is 2.30. The number of benzene rings is 1. The molecule has 14 heavy (non-hydrogen) atoms. The van der Waals surface area contributed by atoms with Crippen molar-refractivity contribution in [2.75, 3.05) is 0 Å². The van der Waals surface area contributed by atoms with E-state index in [1.165, 1.54) is 0 Å². The molecule has 0 radical (unpaired) electrons. The molecular weight excluding hydrogens is 172 g/mol. The number of carbonyl (C=O) groups excluding carboxylic acids is 1. The van der Waals surface area contributed by atoms with Gasteiger partial charge >= 0.3 is 0 Å². The summed E-state index contributed by atoms with van der Waals surface area (Å²) in [5.41, 5.74) is 3.31.